The standard InChI is InChI=1S/C13H9ClF3N3S/c1-20(7-9-3-5-11(14)21-9)12-8(6-18)2-4-10(19-12)13(15,16)17/h2-5H,7H2,1H3. The molecule has 110 valence electrons. The molecule has 0 spiro atoms. The molecule has 0 aliphatic carbocycles. The molecule has 8 heteroatoms. The molecule has 2 aromatic rings. The van der Waals surface area contributed by atoms with E-state index in [0.717, 1.165) is 17.0 Å². The van der Waals surface area contributed by atoms with E-state index in [1.54, 1.807) is 19.2 Å². The minimum Gasteiger partial charge on any atom is -0.353 e. The van der Waals surface area contributed by atoms with E-state index < -0.39 is 11.9 Å². The lowest BCUT2D eigenvalue weighted by atomic mass is 10.2. The Hall–Kier alpha value is -1.78. The van der Waals surface area contributed by atoms with Crippen molar-refractivity contribution in [2.75, 3.05) is 11.9 Å². The van der Waals surface area contributed by atoms with Crippen LogP contribution in [0.15, 0.2) is 24.3 Å². The number of thiophene rings is 1. The van der Waals surface area contributed by atoms with E-state index in [1.165, 1.54) is 16.2 Å². The number of hydrogen-bond donors (Lipinski definition) is 0. The molecule has 3 nitrogen and oxygen atoms in total. The fourth-order valence-corrected chi connectivity index (χ4v) is 2.87. The maximum absolute atomic E-state index is 12.7. The van der Waals surface area contributed by atoms with Gasteiger partial charge in [-0.05, 0) is 24.3 Å². The third-order valence-electron chi connectivity index (χ3n) is 2.67. The molecule has 0 fully saturated rings. The average Bonchev–Trinajstić information content (AvgIpc) is 2.82. The summed E-state index contributed by atoms with van der Waals surface area (Å²) in [5.41, 5.74) is -0.930. The molecular formula is C13H9ClF3N3S. The summed E-state index contributed by atoms with van der Waals surface area (Å²) in [6.45, 7) is 0.320. The fraction of sp³-hybridized carbons (Fsp3) is 0.231. The predicted octanol–water partition coefficient (Wildman–Crippen LogP) is 4.32. The number of alkyl halides is 3. The molecule has 0 bridgehead atoms. The molecule has 0 radical (unpaired) electrons. The molecule has 0 aliphatic rings. The summed E-state index contributed by atoms with van der Waals surface area (Å²) < 4.78 is 38.7. The van der Waals surface area contributed by atoms with Crippen LogP contribution in [0.25, 0.3) is 0 Å². The Labute approximate surface area is 128 Å². The number of halogens is 4. The maximum Gasteiger partial charge on any atom is 0.433 e. The van der Waals surface area contributed by atoms with Gasteiger partial charge in [-0.25, -0.2) is 4.98 Å². The van der Waals surface area contributed by atoms with E-state index >= 15 is 0 Å². The second-order valence-corrected chi connectivity index (χ2v) is 6.04. The van der Waals surface area contributed by atoms with Crippen molar-refractivity contribution in [3.63, 3.8) is 0 Å². The maximum atomic E-state index is 12.7. The van der Waals surface area contributed by atoms with Crippen molar-refractivity contribution in [3.05, 3.63) is 44.7 Å². The molecule has 2 aromatic heterocycles. The van der Waals surface area contributed by atoms with E-state index in [1.807, 2.05) is 6.07 Å². The zero-order valence-electron chi connectivity index (χ0n) is 10.8. The summed E-state index contributed by atoms with van der Waals surface area (Å²) in [7, 11) is 1.58. The van der Waals surface area contributed by atoms with Crippen LogP contribution in [-0.4, -0.2) is 12.0 Å². The minimum absolute atomic E-state index is 0.00292. The molecule has 21 heavy (non-hydrogen) atoms. The van der Waals surface area contributed by atoms with Crippen molar-refractivity contribution in [2.45, 2.75) is 12.7 Å². The number of anilines is 1. The van der Waals surface area contributed by atoms with Gasteiger partial charge < -0.3 is 4.90 Å². The van der Waals surface area contributed by atoms with Crippen molar-refractivity contribution in [2.24, 2.45) is 0 Å². The lowest BCUT2D eigenvalue weighted by Gasteiger charge is -2.19. The fourth-order valence-electron chi connectivity index (χ4n) is 1.73. The lowest BCUT2D eigenvalue weighted by molar-refractivity contribution is -0.141. The Bertz CT molecular complexity index is 691. The van der Waals surface area contributed by atoms with Crippen molar-refractivity contribution in [1.82, 2.24) is 4.98 Å². The van der Waals surface area contributed by atoms with Gasteiger partial charge in [0.1, 0.15) is 17.6 Å². The van der Waals surface area contributed by atoms with E-state index in [4.69, 9.17) is 16.9 Å². The van der Waals surface area contributed by atoms with Crippen LogP contribution in [0.5, 0.6) is 0 Å². The predicted molar refractivity (Wildman–Crippen MR) is 75.4 cm³/mol. The topological polar surface area (TPSA) is 39.9 Å². The highest BCUT2D eigenvalue weighted by atomic mass is 35.5. The van der Waals surface area contributed by atoms with E-state index in [0.29, 0.717) is 10.9 Å². The second-order valence-electron chi connectivity index (χ2n) is 4.24. The number of pyridine rings is 1. The number of rotatable bonds is 3. The number of aromatic nitrogens is 1. The van der Waals surface area contributed by atoms with Gasteiger partial charge in [-0.15, -0.1) is 11.3 Å². The third kappa shape index (κ3) is 3.65. The Morgan fingerprint density at radius 2 is 2.05 bits per heavy atom. The molecule has 2 heterocycles. The van der Waals surface area contributed by atoms with Gasteiger partial charge in [0.05, 0.1) is 16.4 Å². The molecule has 0 aromatic carbocycles. The molecule has 2 rings (SSSR count). The zero-order chi connectivity index (χ0) is 15.6. The first-order valence-corrected chi connectivity index (χ1v) is 6.94. The Kier molecular flexibility index (Phi) is 4.40. The lowest BCUT2D eigenvalue weighted by Crippen LogP contribution is -2.20. The summed E-state index contributed by atoms with van der Waals surface area (Å²) in [5.74, 6) is -0.00292. The highest BCUT2D eigenvalue weighted by molar-refractivity contribution is 7.16. The van der Waals surface area contributed by atoms with Gasteiger partial charge in [0.25, 0.3) is 0 Å². The van der Waals surface area contributed by atoms with Crippen LogP contribution < -0.4 is 4.90 Å². The number of nitriles is 1. The van der Waals surface area contributed by atoms with E-state index in [2.05, 4.69) is 4.98 Å². The van der Waals surface area contributed by atoms with Gasteiger partial charge >= 0.3 is 6.18 Å². The van der Waals surface area contributed by atoms with Gasteiger partial charge in [-0.2, -0.15) is 18.4 Å². The summed E-state index contributed by atoms with van der Waals surface area (Å²) in [6.07, 6.45) is -4.55. The Morgan fingerprint density at radius 1 is 1.33 bits per heavy atom. The zero-order valence-corrected chi connectivity index (χ0v) is 12.4. The molecule has 0 unspecified atom stereocenters. The first-order chi connectivity index (χ1) is 9.81. The first kappa shape index (κ1) is 15.6. The quantitative estimate of drug-likeness (QED) is 0.840. The van der Waals surface area contributed by atoms with Crippen molar-refractivity contribution in [3.8, 4) is 6.07 Å². The second kappa shape index (κ2) is 5.92. The normalized spacial score (nSPS) is 11.2. The smallest absolute Gasteiger partial charge is 0.353 e. The van der Waals surface area contributed by atoms with Gasteiger partial charge in [0.2, 0.25) is 0 Å². The van der Waals surface area contributed by atoms with Gasteiger partial charge in [0, 0.05) is 11.9 Å². The Morgan fingerprint density at radius 3 is 2.57 bits per heavy atom. The molecular weight excluding hydrogens is 323 g/mol. The molecule has 0 N–H and O–H groups in total. The van der Waals surface area contributed by atoms with Crippen LogP contribution >= 0.6 is 22.9 Å². The van der Waals surface area contributed by atoms with Gasteiger partial charge in [-0.1, -0.05) is 11.6 Å². The largest absolute Gasteiger partial charge is 0.433 e. The first-order valence-electron chi connectivity index (χ1n) is 5.75. The SMILES string of the molecule is CN(Cc1ccc(Cl)s1)c1nc(C(F)(F)F)ccc1C#N. The third-order valence-corrected chi connectivity index (χ3v) is 3.89. The Balaban J connectivity index is 2.34. The van der Waals surface area contributed by atoms with Gasteiger partial charge in [-0.3, -0.25) is 0 Å². The molecule has 0 amide bonds. The van der Waals surface area contributed by atoms with Crippen LogP contribution in [0, 0.1) is 11.3 Å². The molecule has 0 saturated heterocycles. The van der Waals surface area contributed by atoms with Crippen LogP contribution in [0.2, 0.25) is 4.34 Å². The highest BCUT2D eigenvalue weighted by Gasteiger charge is 2.33. The minimum atomic E-state index is -4.55. The summed E-state index contributed by atoms with van der Waals surface area (Å²) in [5, 5.41) is 9.01. The highest BCUT2D eigenvalue weighted by Crippen LogP contribution is 2.31. The summed E-state index contributed by atoms with van der Waals surface area (Å²) >= 11 is 7.14. The monoisotopic (exact) mass is 331 g/mol. The van der Waals surface area contributed by atoms with Gasteiger partial charge in [0.15, 0.2) is 0 Å². The van der Waals surface area contributed by atoms with Crippen molar-refractivity contribution >= 4 is 28.8 Å². The molecule has 0 aliphatic heterocycles. The van der Waals surface area contributed by atoms with Crippen LogP contribution in [0.1, 0.15) is 16.1 Å². The summed E-state index contributed by atoms with van der Waals surface area (Å²) in [4.78, 5) is 5.93. The average molecular weight is 332 g/mol. The van der Waals surface area contributed by atoms with Crippen LogP contribution in [0.4, 0.5) is 19.0 Å². The van der Waals surface area contributed by atoms with Crippen molar-refractivity contribution in [1.29, 1.82) is 5.26 Å². The number of hydrogen-bond acceptors (Lipinski definition) is 4. The molecule has 0 atom stereocenters. The van der Waals surface area contributed by atoms with Crippen LogP contribution in [0.3, 0.4) is 0 Å². The van der Waals surface area contributed by atoms with E-state index in [9.17, 15) is 13.2 Å². The summed E-state index contributed by atoms with van der Waals surface area (Å²) in [6, 6.07) is 7.27. The van der Waals surface area contributed by atoms with Crippen LogP contribution in [-0.2, 0) is 12.7 Å². The van der Waals surface area contributed by atoms with Crippen molar-refractivity contribution < 1.29 is 13.2 Å². The number of nitrogens with zero attached hydrogens (tertiary/aromatic N) is 3. The van der Waals surface area contributed by atoms with E-state index in [-0.39, 0.29) is 11.4 Å². The molecule has 0 saturated carbocycles.